The van der Waals surface area contributed by atoms with E-state index in [1.807, 2.05) is 6.92 Å². The molecule has 20 heavy (non-hydrogen) atoms. The van der Waals surface area contributed by atoms with Gasteiger partial charge in [0.1, 0.15) is 10.6 Å². The van der Waals surface area contributed by atoms with E-state index in [0.717, 1.165) is 12.0 Å². The van der Waals surface area contributed by atoms with Crippen molar-refractivity contribution in [3.63, 3.8) is 0 Å². The van der Waals surface area contributed by atoms with Gasteiger partial charge in [0.2, 0.25) is 10.0 Å². The van der Waals surface area contributed by atoms with E-state index in [0.29, 0.717) is 11.7 Å². The first kappa shape index (κ1) is 16.9. The molecule has 1 aromatic carbocycles. The summed E-state index contributed by atoms with van der Waals surface area (Å²) in [5.74, 6) is 0.747. The lowest BCUT2D eigenvalue weighted by molar-refractivity contribution is 0.401. The van der Waals surface area contributed by atoms with Gasteiger partial charge in [0.05, 0.1) is 7.11 Å². The fourth-order valence-electron chi connectivity index (χ4n) is 2.14. The van der Waals surface area contributed by atoms with Crippen LogP contribution in [-0.2, 0) is 16.6 Å². The molecule has 1 atom stereocenters. The van der Waals surface area contributed by atoms with E-state index in [2.05, 4.69) is 18.6 Å². The minimum absolute atomic E-state index is 0.133. The van der Waals surface area contributed by atoms with Crippen LogP contribution in [0.25, 0.3) is 0 Å². The Bertz CT molecular complexity index is 541. The molecule has 6 heteroatoms. The van der Waals surface area contributed by atoms with E-state index >= 15 is 0 Å². The maximum Gasteiger partial charge on any atom is 0.244 e. The van der Waals surface area contributed by atoms with Gasteiger partial charge in [-0.1, -0.05) is 19.9 Å². The second-order valence-electron chi connectivity index (χ2n) is 5.34. The van der Waals surface area contributed by atoms with Gasteiger partial charge >= 0.3 is 0 Å². The Morgan fingerprint density at radius 3 is 2.45 bits per heavy atom. The lowest BCUT2D eigenvalue weighted by atomic mass is 10.1. The van der Waals surface area contributed by atoms with Crippen LogP contribution < -0.4 is 15.2 Å². The molecule has 0 amide bonds. The monoisotopic (exact) mass is 300 g/mol. The molecule has 0 bridgehead atoms. The fraction of sp³-hybridized carbons (Fsp3) is 0.571. The molecule has 0 spiro atoms. The third-order valence-electron chi connectivity index (χ3n) is 2.93. The first-order valence-electron chi connectivity index (χ1n) is 6.69. The highest BCUT2D eigenvalue weighted by Gasteiger charge is 2.22. The quantitative estimate of drug-likeness (QED) is 0.805. The molecule has 0 fully saturated rings. The molecule has 5 nitrogen and oxygen atoms in total. The van der Waals surface area contributed by atoms with Crippen LogP contribution in [0.5, 0.6) is 5.75 Å². The predicted octanol–water partition coefficient (Wildman–Crippen LogP) is 1.87. The number of rotatable bonds is 7. The van der Waals surface area contributed by atoms with Crippen molar-refractivity contribution in [2.24, 2.45) is 11.7 Å². The minimum atomic E-state index is -3.61. The lowest BCUT2D eigenvalue weighted by Gasteiger charge is -2.17. The number of ether oxygens (including phenoxy) is 1. The Morgan fingerprint density at radius 1 is 1.30 bits per heavy atom. The van der Waals surface area contributed by atoms with Crippen molar-refractivity contribution in [2.45, 2.75) is 44.7 Å². The number of hydrogen-bond acceptors (Lipinski definition) is 4. The molecule has 0 saturated heterocycles. The molecule has 0 aromatic heterocycles. The fourth-order valence-corrected chi connectivity index (χ4v) is 3.62. The molecule has 3 N–H and O–H groups in total. The number of hydrogen-bond donors (Lipinski definition) is 2. The van der Waals surface area contributed by atoms with Crippen LogP contribution in [0.15, 0.2) is 23.1 Å². The van der Waals surface area contributed by atoms with Crippen LogP contribution in [0.1, 0.15) is 32.8 Å². The Kier molecular flexibility index (Phi) is 5.98. The molecular formula is C14H24N2O3S. The van der Waals surface area contributed by atoms with Crippen molar-refractivity contribution in [3.05, 3.63) is 23.8 Å². The van der Waals surface area contributed by atoms with Crippen LogP contribution in [-0.4, -0.2) is 21.6 Å². The minimum Gasteiger partial charge on any atom is -0.495 e. The number of benzene rings is 1. The Balaban J connectivity index is 3.07. The zero-order chi connectivity index (χ0) is 15.3. The van der Waals surface area contributed by atoms with E-state index in [9.17, 15) is 8.42 Å². The Hall–Kier alpha value is -1.11. The third-order valence-corrected chi connectivity index (χ3v) is 4.55. The van der Waals surface area contributed by atoms with Crippen molar-refractivity contribution in [2.75, 3.05) is 7.11 Å². The third kappa shape index (κ3) is 4.47. The van der Waals surface area contributed by atoms with Crippen molar-refractivity contribution in [1.29, 1.82) is 0 Å². The van der Waals surface area contributed by atoms with E-state index in [1.54, 1.807) is 18.2 Å². The highest BCUT2D eigenvalue weighted by Crippen LogP contribution is 2.25. The number of sulfonamides is 1. The van der Waals surface area contributed by atoms with Crippen molar-refractivity contribution >= 4 is 10.0 Å². The smallest absolute Gasteiger partial charge is 0.244 e. The van der Waals surface area contributed by atoms with Gasteiger partial charge in [0.25, 0.3) is 0 Å². The van der Waals surface area contributed by atoms with Crippen LogP contribution in [0.2, 0.25) is 0 Å². The van der Waals surface area contributed by atoms with Gasteiger partial charge in [0.15, 0.2) is 0 Å². The highest BCUT2D eigenvalue weighted by molar-refractivity contribution is 7.89. The Morgan fingerprint density at radius 2 is 1.95 bits per heavy atom. The first-order valence-corrected chi connectivity index (χ1v) is 8.17. The molecule has 0 radical (unpaired) electrons. The zero-order valence-corrected chi connectivity index (χ0v) is 13.3. The van der Waals surface area contributed by atoms with Crippen molar-refractivity contribution in [3.8, 4) is 5.75 Å². The molecule has 0 heterocycles. The molecule has 1 unspecified atom stereocenters. The number of nitrogens with two attached hydrogens (primary N) is 1. The summed E-state index contributed by atoms with van der Waals surface area (Å²) in [6, 6.07) is 4.81. The summed E-state index contributed by atoms with van der Waals surface area (Å²) in [5, 5.41) is 0. The van der Waals surface area contributed by atoms with Gasteiger partial charge in [-0.3, -0.25) is 0 Å². The molecule has 0 aliphatic heterocycles. The van der Waals surface area contributed by atoms with Crippen molar-refractivity contribution < 1.29 is 13.2 Å². The molecule has 1 rings (SSSR count). The maximum absolute atomic E-state index is 12.4. The summed E-state index contributed by atoms with van der Waals surface area (Å²) < 4.78 is 32.7. The Labute approximate surface area is 121 Å². The first-order chi connectivity index (χ1) is 9.30. The molecule has 0 saturated carbocycles. The average molecular weight is 300 g/mol. The van der Waals surface area contributed by atoms with Crippen LogP contribution in [0.4, 0.5) is 0 Å². The summed E-state index contributed by atoms with van der Waals surface area (Å²) in [6.45, 7) is 6.26. The number of nitrogens with one attached hydrogen (secondary N) is 1. The normalized spacial score (nSPS) is 13.5. The van der Waals surface area contributed by atoms with Gasteiger partial charge < -0.3 is 10.5 Å². The van der Waals surface area contributed by atoms with Gasteiger partial charge in [0, 0.05) is 12.6 Å². The van der Waals surface area contributed by atoms with Crippen molar-refractivity contribution in [1.82, 2.24) is 4.72 Å². The summed E-state index contributed by atoms with van der Waals surface area (Å²) in [4.78, 5) is 0.138. The average Bonchev–Trinajstić information content (AvgIpc) is 2.36. The second kappa shape index (κ2) is 7.06. The zero-order valence-electron chi connectivity index (χ0n) is 12.5. The molecule has 0 aliphatic carbocycles. The predicted molar refractivity (Wildman–Crippen MR) is 80.1 cm³/mol. The molecule has 0 aliphatic rings. The van der Waals surface area contributed by atoms with Crippen LogP contribution >= 0.6 is 0 Å². The summed E-state index contributed by atoms with van der Waals surface area (Å²) in [6.07, 6.45) is 0.776. The molecular weight excluding hydrogens is 276 g/mol. The largest absolute Gasteiger partial charge is 0.495 e. The van der Waals surface area contributed by atoms with Gasteiger partial charge in [-0.2, -0.15) is 0 Å². The lowest BCUT2D eigenvalue weighted by Crippen LogP contribution is -2.33. The molecule has 1 aromatic rings. The van der Waals surface area contributed by atoms with Gasteiger partial charge in [-0.15, -0.1) is 0 Å². The standard InChI is InChI=1S/C14H24N2O3S/c1-10(2)7-11(3)16-20(17,18)14-8-12(9-15)5-6-13(14)19-4/h5-6,8,10-11,16H,7,9,15H2,1-4H3. The van der Waals surface area contributed by atoms with E-state index in [4.69, 9.17) is 10.5 Å². The SMILES string of the molecule is COc1ccc(CN)cc1S(=O)(=O)NC(C)CC(C)C. The van der Waals surface area contributed by atoms with Crippen LogP contribution in [0, 0.1) is 5.92 Å². The van der Waals surface area contributed by atoms with E-state index < -0.39 is 10.0 Å². The van der Waals surface area contributed by atoms with Gasteiger partial charge in [-0.25, -0.2) is 13.1 Å². The second-order valence-corrected chi connectivity index (χ2v) is 7.02. The summed E-state index contributed by atoms with van der Waals surface area (Å²) in [7, 11) is -2.16. The van der Waals surface area contributed by atoms with E-state index in [1.165, 1.54) is 7.11 Å². The topological polar surface area (TPSA) is 81.4 Å². The van der Waals surface area contributed by atoms with Gasteiger partial charge in [-0.05, 0) is 37.0 Å². The number of methoxy groups -OCH3 is 1. The summed E-state index contributed by atoms with van der Waals surface area (Å²) in [5.41, 5.74) is 6.32. The molecule has 114 valence electrons. The summed E-state index contributed by atoms with van der Waals surface area (Å²) >= 11 is 0. The maximum atomic E-state index is 12.4. The van der Waals surface area contributed by atoms with Crippen LogP contribution in [0.3, 0.4) is 0 Å². The highest BCUT2D eigenvalue weighted by atomic mass is 32.2. The van der Waals surface area contributed by atoms with E-state index in [-0.39, 0.29) is 17.5 Å².